The van der Waals surface area contributed by atoms with Crippen molar-refractivity contribution in [3.05, 3.63) is 69.7 Å². The Kier molecular flexibility index (Phi) is 4.38. The number of carbonyl (C=O) groups is 1. The number of rotatable bonds is 3. The molecule has 0 aliphatic heterocycles. The molecule has 0 spiro atoms. The first-order valence-corrected chi connectivity index (χ1v) is 6.93. The summed E-state index contributed by atoms with van der Waals surface area (Å²) in [6, 6.07) is 15.6. The van der Waals surface area contributed by atoms with E-state index >= 15 is 0 Å². The highest BCUT2D eigenvalue weighted by atomic mass is 79.9. The monoisotopic (exact) mass is 317 g/mol. The molecule has 0 unspecified atom stereocenters. The topological polar surface area (TPSA) is 20.3 Å². The van der Waals surface area contributed by atoms with E-state index in [0.29, 0.717) is 12.1 Å². The third-order valence-corrected chi connectivity index (χ3v) is 3.64. The minimum absolute atomic E-state index is 0.0377. The summed E-state index contributed by atoms with van der Waals surface area (Å²) in [6.07, 6.45) is 0. The molecule has 0 heterocycles. The van der Waals surface area contributed by atoms with Crippen molar-refractivity contribution in [3.8, 4) is 0 Å². The van der Waals surface area contributed by atoms with Gasteiger partial charge in [0.25, 0.3) is 5.91 Å². The summed E-state index contributed by atoms with van der Waals surface area (Å²) in [7, 11) is 1.83. The van der Waals surface area contributed by atoms with E-state index in [0.717, 1.165) is 4.47 Å². The molecular weight excluding hydrogens is 302 g/mol. The van der Waals surface area contributed by atoms with Crippen LogP contribution in [0.1, 0.15) is 21.5 Å². The molecule has 2 rings (SSSR count). The molecule has 0 aromatic heterocycles. The maximum atomic E-state index is 12.3. The zero-order valence-electron chi connectivity index (χ0n) is 11.1. The van der Waals surface area contributed by atoms with Crippen LogP contribution in [-0.4, -0.2) is 17.9 Å². The van der Waals surface area contributed by atoms with Crippen molar-refractivity contribution in [2.75, 3.05) is 7.05 Å². The number of aryl methyl sites for hydroxylation is 1. The first kappa shape index (κ1) is 13.8. The van der Waals surface area contributed by atoms with E-state index in [2.05, 4.69) is 35.0 Å². The average molecular weight is 318 g/mol. The lowest BCUT2D eigenvalue weighted by Gasteiger charge is -2.18. The summed E-state index contributed by atoms with van der Waals surface area (Å²) in [6.45, 7) is 2.69. The van der Waals surface area contributed by atoms with Gasteiger partial charge in [-0.05, 0) is 42.3 Å². The molecule has 2 aromatic carbocycles. The number of benzene rings is 2. The van der Waals surface area contributed by atoms with Crippen LogP contribution in [0.15, 0.2) is 53.0 Å². The van der Waals surface area contributed by atoms with Crippen LogP contribution in [0.4, 0.5) is 0 Å². The molecule has 0 N–H and O–H groups in total. The molecule has 0 radical (unpaired) electrons. The average Bonchev–Trinajstić information content (AvgIpc) is 2.41. The standard InChI is InChI=1S/C16H16BrNO/c1-12-5-3-4-6-14(12)11-18(2)16(19)13-7-9-15(17)10-8-13/h3-10H,11H2,1-2H3. The predicted molar refractivity (Wildman–Crippen MR) is 81.1 cm³/mol. The number of hydrogen-bond donors (Lipinski definition) is 0. The van der Waals surface area contributed by atoms with Gasteiger partial charge in [0.1, 0.15) is 0 Å². The van der Waals surface area contributed by atoms with Gasteiger partial charge < -0.3 is 4.90 Å². The Hall–Kier alpha value is -1.61. The van der Waals surface area contributed by atoms with E-state index in [9.17, 15) is 4.79 Å². The zero-order chi connectivity index (χ0) is 13.8. The molecule has 0 atom stereocenters. The number of amides is 1. The van der Waals surface area contributed by atoms with Crippen LogP contribution in [0.25, 0.3) is 0 Å². The first-order chi connectivity index (χ1) is 9.08. The molecule has 0 saturated heterocycles. The molecule has 0 aliphatic carbocycles. The van der Waals surface area contributed by atoms with Crippen LogP contribution in [0.3, 0.4) is 0 Å². The van der Waals surface area contributed by atoms with Gasteiger partial charge in [0, 0.05) is 23.6 Å². The van der Waals surface area contributed by atoms with Crippen molar-refractivity contribution in [3.63, 3.8) is 0 Å². The lowest BCUT2D eigenvalue weighted by Crippen LogP contribution is -2.26. The van der Waals surface area contributed by atoms with Gasteiger partial charge in [-0.25, -0.2) is 0 Å². The molecular formula is C16H16BrNO. The second-order valence-corrected chi connectivity index (χ2v) is 5.51. The lowest BCUT2D eigenvalue weighted by atomic mass is 10.1. The van der Waals surface area contributed by atoms with Gasteiger partial charge in [0.2, 0.25) is 0 Å². The number of nitrogens with zero attached hydrogens (tertiary/aromatic N) is 1. The van der Waals surface area contributed by atoms with E-state index in [4.69, 9.17) is 0 Å². The highest BCUT2D eigenvalue weighted by molar-refractivity contribution is 9.10. The Morgan fingerprint density at radius 1 is 1.11 bits per heavy atom. The molecule has 19 heavy (non-hydrogen) atoms. The van der Waals surface area contributed by atoms with Gasteiger partial charge in [-0.1, -0.05) is 40.2 Å². The van der Waals surface area contributed by atoms with E-state index in [1.54, 1.807) is 4.90 Å². The van der Waals surface area contributed by atoms with Gasteiger partial charge >= 0.3 is 0 Å². The molecule has 98 valence electrons. The summed E-state index contributed by atoms with van der Waals surface area (Å²) in [5, 5.41) is 0. The summed E-state index contributed by atoms with van der Waals surface area (Å²) in [5.74, 6) is 0.0377. The SMILES string of the molecule is Cc1ccccc1CN(C)C(=O)c1ccc(Br)cc1. The minimum Gasteiger partial charge on any atom is -0.337 e. The molecule has 2 nitrogen and oxygen atoms in total. The summed E-state index contributed by atoms with van der Waals surface area (Å²) >= 11 is 3.37. The summed E-state index contributed by atoms with van der Waals surface area (Å²) in [5.41, 5.74) is 3.09. The second-order valence-electron chi connectivity index (χ2n) is 4.59. The Balaban J connectivity index is 2.12. The van der Waals surface area contributed by atoms with Crippen LogP contribution >= 0.6 is 15.9 Å². The van der Waals surface area contributed by atoms with Crippen molar-refractivity contribution in [1.82, 2.24) is 4.90 Å². The number of halogens is 1. The van der Waals surface area contributed by atoms with Gasteiger partial charge in [-0.15, -0.1) is 0 Å². The second kappa shape index (κ2) is 6.02. The molecule has 0 saturated carbocycles. The highest BCUT2D eigenvalue weighted by Crippen LogP contribution is 2.14. The largest absolute Gasteiger partial charge is 0.337 e. The van der Waals surface area contributed by atoms with Gasteiger partial charge in [0.05, 0.1) is 0 Å². The number of hydrogen-bond acceptors (Lipinski definition) is 1. The van der Waals surface area contributed by atoms with Gasteiger partial charge in [0.15, 0.2) is 0 Å². The predicted octanol–water partition coefficient (Wildman–Crippen LogP) is 4.03. The molecule has 0 bridgehead atoms. The fourth-order valence-electron chi connectivity index (χ4n) is 1.93. The fraction of sp³-hybridized carbons (Fsp3) is 0.188. The maximum absolute atomic E-state index is 12.3. The van der Waals surface area contributed by atoms with Crippen LogP contribution in [-0.2, 0) is 6.54 Å². The zero-order valence-corrected chi connectivity index (χ0v) is 12.6. The number of carbonyl (C=O) groups excluding carboxylic acids is 1. The van der Waals surface area contributed by atoms with E-state index in [-0.39, 0.29) is 5.91 Å². The molecule has 3 heteroatoms. The first-order valence-electron chi connectivity index (χ1n) is 6.13. The van der Waals surface area contributed by atoms with Crippen LogP contribution in [0.5, 0.6) is 0 Å². The molecule has 2 aromatic rings. The lowest BCUT2D eigenvalue weighted by molar-refractivity contribution is 0.0785. The smallest absolute Gasteiger partial charge is 0.253 e. The molecule has 0 fully saturated rings. The molecule has 0 aliphatic rings. The molecule has 1 amide bonds. The minimum atomic E-state index is 0.0377. The van der Waals surface area contributed by atoms with Crippen LogP contribution in [0, 0.1) is 6.92 Å². The Labute approximate surface area is 122 Å². The Bertz CT molecular complexity index is 578. The maximum Gasteiger partial charge on any atom is 0.253 e. The van der Waals surface area contributed by atoms with Crippen molar-refractivity contribution in [2.24, 2.45) is 0 Å². The summed E-state index contributed by atoms with van der Waals surface area (Å²) < 4.78 is 0.977. The van der Waals surface area contributed by atoms with Crippen molar-refractivity contribution >= 4 is 21.8 Å². The van der Waals surface area contributed by atoms with E-state index < -0.39 is 0 Å². The van der Waals surface area contributed by atoms with Crippen molar-refractivity contribution in [2.45, 2.75) is 13.5 Å². The van der Waals surface area contributed by atoms with Gasteiger partial charge in [-0.3, -0.25) is 4.79 Å². The van der Waals surface area contributed by atoms with E-state index in [1.807, 2.05) is 43.4 Å². The van der Waals surface area contributed by atoms with Crippen LogP contribution in [0.2, 0.25) is 0 Å². The normalized spacial score (nSPS) is 10.3. The quantitative estimate of drug-likeness (QED) is 0.837. The van der Waals surface area contributed by atoms with Crippen molar-refractivity contribution < 1.29 is 4.79 Å². The Morgan fingerprint density at radius 2 is 1.74 bits per heavy atom. The fourth-order valence-corrected chi connectivity index (χ4v) is 2.19. The van der Waals surface area contributed by atoms with Crippen LogP contribution < -0.4 is 0 Å². The van der Waals surface area contributed by atoms with Gasteiger partial charge in [-0.2, -0.15) is 0 Å². The highest BCUT2D eigenvalue weighted by Gasteiger charge is 2.12. The van der Waals surface area contributed by atoms with E-state index in [1.165, 1.54) is 11.1 Å². The Morgan fingerprint density at radius 3 is 2.37 bits per heavy atom. The third kappa shape index (κ3) is 3.44. The summed E-state index contributed by atoms with van der Waals surface area (Å²) in [4.78, 5) is 14.0. The van der Waals surface area contributed by atoms with Crippen molar-refractivity contribution in [1.29, 1.82) is 0 Å². The third-order valence-electron chi connectivity index (χ3n) is 3.11.